The number of amides is 1. The molecule has 0 spiro atoms. The Bertz CT molecular complexity index is 242. The molecule has 0 rings (SSSR count). The topological polar surface area (TPSA) is 46.6 Å². The summed E-state index contributed by atoms with van der Waals surface area (Å²) in [6.07, 6.45) is 1.49. The van der Waals surface area contributed by atoms with E-state index in [1.165, 1.54) is 11.0 Å². The van der Waals surface area contributed by atoms with Crippen molar-refractivity contribution in [3.8, 4) is 0 Å². The lowest BCUT2D eigenvalue weighted by atomic mass is 10.3. The van der Waals surface area contributed by atoms with Crippen LogP contribution in [0.1, 0.15) is 20.8 Å². The average Bonchev–Trinajstić information content (AvgIpc) is 2.02. The third kappa shape index (κ3) is 5.35. The monoisotopic (exact) mass is 199 g/mol. The molecule has 0 unspecified atom stereocenters. The fraction of sp³-hybridized carbons (Fsp3) is 0.600. The normalized spacial score (nSPS) is 9.14. The number of allylic oxidation sites excluding steroid dienone is 1. The quantitative estimate of drug-likeness (QED) is 0.500. The lowest BCUT2D eigenvalue weighted by Gasteiger charge is -2.13. The second kappa shape index (κ2) is 6.18. The Hall–Kier alpha value is -1.32. The largest absolute Gasteiger partial charge is 0.465 e. The van der Waals surface area contributed by atoms with Gasteiger partial charge in [-0.15, -0.1) is 0 Å². The highest BCUT2D eigenvalue weighted by atomic mass is 16.5. The summed E-state index contributed by atoms with van der Waals surface area (Å²) in [7, 11) is 1.57. The van der Waals surface area contributed by atoms with E-state index in [0.717, 1.165) is 5.57 Å². The molecule has 14 heavy (non-hydrogen) atoms. The Balaban J connectivity index is 4.08. The summed E-state index contributed by atoms with van der Waals surface area (Å²) in [5.41, 5.74) is 0.908. The maximum absolute atomic E-state index is 11.3. The number of likely N-dealkylation sites (N-methyl/N-ethyl adjacent to an activating group) is 1. The molecule has 0 aromatic carbocycles. The summed E-state index contributed by atoms with van der Waals surface area (Å²) in [4.78, 5) is 23.7. The van der Waals surface area contributed by atoms with E-state index in [-0.39, 0.29) is 18.4 Å². The van der Waals surface area contributed by atoms with E-state index < -0.39 is 0 Å². The van der Waals surface area contributed by atoms with Crippen LogP contribution in [0.5, 0.6) is 0 Å². The van der Waals surface area contributed by atoms with Crippen molar-refractivity contribution in [2.45, 2.75) is 20.8 Å². The van der Waals surface area contributed by atoms with Crippen LogP contribution in [0.25, 0.3) is 0 Å². The zero-order chi connectivity index (χ0) is 11.1. The van der Waals surface area contributed by atoms with Crippen molar-refractivity contribution in [3.05, 3.63) is 11.6 Å². The molecule has 0 bridgehead atoms. The Labute approximate surface area is 84.5 Å². The summed E-state index contributed by atoms with van der Waals surface area (Å²) in [6, 6.07) is 0. The molecule has 0 fully saturated rings. The number of nitrogens with zero attached hydrogens (tertiary/aromatic N) is 1. The summed E-state index contributed by atoms with van der Waals surface area (Å²) >= 11 is 0. The molecule has 0 saturated carbocycles. The van der Waals surface area contributed by atoms with Gasteiger partial charge in [-0.05, 0) is 20.8 Å². The van der Waals surface area contributed by atoms with Gasteiger partial charge < -0.3 is 9.64 Å². The summed E-state index contributed by atoms with van der Waals surface area (Å²) in [6.45, 7) is 5.72. The van der Waals surface area contributed by atoms with Crippen molar-refractivity contribution in [2.24, 2.45) is 0 Å². The van der Waals surface area contributed by atoms with Gasteiger partial charge >= 0.3 is 5.97 Å². The van der Waals surface area contributed by atoms with Gasteiger partial charge in [0.25, 0.3) is 0 Å². The van der Waals surface area contributed by atoms with Crippen LogP contribution in [-0.2, 0) is 14.3 Å². The molecule has 0 aliphatic carbocycles. The zero-order valence-corrected chi connectivity index (χ0v) is 9.16. The molecule has 4 heteroatoms. The minimum absolute atomic E-state index is 0.00352. The maximum Gasteiger partial charge on any atom is 0.325 e. The molecule has 0 aliphatic heterocycles. The summed E-state index contributed by atoms with van der Waals surface area (Å²) in [5.74, 6) is -0.566. The first-order valence-electron chi connectivity index (χ1n) is 4.53. The number of carbonyl (C=O) groups excluding carboxylic acids is 2. The molecule has 0 aliphatic rings. The van der Waals surface area contributed by atoms with Gasteiger partial charge in [0.05, 0.1) is 6.61 Å². The number of hydrogen-bond donors (Lipinski definition) is 0. The third-order valence-electron chi connectivity index (χ3n) is 1.46. The van der Waals surface area contributed by atoms with E-state index in [2.05, 4.69) is 0 Å². The molecule has 80 valence electrons. The molecule has 4 nitrogen and oxygen atoms in total. The van der Waals surface area contributed by atoms with E-state index in [1.807, 2.05) is 13.8 Å². The molecule has 1 amide bonds. The summed E-state index contributed by atoms with van der Waals surface area (Å²) < 4.78 is 4.71. The van der Waals surface area contributed by atoms with E-state index in [4.69, 9.17) is 4.74 Å². The van der Waals surface area contributed by atoms with Gasteiger partial charge in [0.2, 0.25) is 5.91 Å². The fourth-order valence-corrected chi connectivity index (χ4v) is 0.835. The van der Waals surface area contributed by atoms with Crippen molar-refractivity contribution in [1.82, 2.24) is 4.90 Å². The van der Waals surface area contributed by atoms with Gasteiger partial charge in [0, 0.05) is 13.1 Å². The molecule has 0 saturated heterocycles. The highest BCUT2D eigenvalue weighted by Gasteiger charge is 2.10. The van der Waals surface area contributed by atoms with Crippen LogP contribution in [0.15, 0.2) is 11.6 Å². The Morgan fingerprint density at radius 1 is 1.36 bits per heavy atom. The standard InChI is InChI=1S/C10H17NO3/c1-5-14-10(13)7-11(4)9(12)6-8(2)3/h6H,5,7H2,1-4H3. The SMILES string of the molecule is CCOC(=O)CN(C)C(=O)C=C(C)C. The highest BCUT2D eigenvalue weighted by Crippen LogP contribution is 1.94. The average molecular weight is 199 g/mol. The molecule has 0 aromatic rings. The van der Waals surface area contributed by atoms with E-state index >= 15 is 0 Å². The van der Waals surface area contributed by atoms with Crippen LogP contribution in [0, 0.1) is 0 Å². The van der Waals surface area contributed by atoms with E-state index in [0.29, 0.717) is 6.61 Å². The Morgan fingerprint density at radius 2 is 1.93 bits per heavy atom. The van der Waals surface area contributed by atoms with Crippen LogP contribution in [0.2, 0.25) is 0 Å². The van der Waals surface area contributed by atoms with Gasteiger partial charge in [-0.1, -0.05) is 5.57 Å². The van der Waals surface area contributed by atoms with Crippen LogP contribution < -0.4 is 0 Å². The van der Waals surface area contributed by atoms with Gasteiger partial charge in [-0.25, -0.2) is 0 Å². The smallest absolute Gasteiger partial charge is 0.325 e. The van der Waals surface area contributed by atoms with Gasteiger partial charge in [-0.2, -0.15) is 0 Å². The molecule has 0 aromatic heterocycles. The van der Waals surface area contributed by atoms with Crippen LogP contribution in [0.4, 0.5) is 0 Å². The predicted octanol–water partition coefficient (Wildman–Crippen LogP) is 0.974. The van der Waals surface area contributed by atoms with Crippen molar-refractivity contribution < 1.29 is 14.3 Å². The Morgan fingerprint density at radius 3 is 2.36 bits per heavy atom. The molecule has 0 radical (unpaired) electrons. The fourth-order valence-electron chi connectivity index (χ4n) is 0.835. The molecular formula is C10H17NO3. The Kier molecular flexibility index (Phi) is 5.60. The third-order valence-corrected chi connectivity index (χ3v) is 1.46. The van der Waals surface area contributed by atoms with Crippen molar-refractivity contribution in [3.63, 3.8) is 0 Å². The highest BCUT2D eigenvalue weighted by molar-refractivity contribution is 5.90. The molecule has 0 heterocycles. The van der Waals surface area contributed by atoms with Gasteiger partial charge in [-0.3, -0.25) is 9.59 Å². The lowest BCUT2D eigenvalue weighted by molar-refractivity contribution is -0.147. The minimum Gasteiger partial charge on any atom is -0.465 e. The molecule has 0 N–H and O–H groups in total. The number of ether oxygens (including phenoxy) is 1. The van der Waals surface area contributed by atoms with E-state index in [1.54, 1.807) is 14.0 Å². The van der Waals surface area contributed by atoms with Crippen molar-refractivity contribution in [2.75, 3.05) is 20.2 Å². The number of hydrogen-bond acceptors (Lipinski definition) is 3. The van der Waals surface area contributed by atoms with E-state index in [9.17, 15) is 9.59 Å². The first kappa shape index (κ1) is 12.7. The second-order valence-corrected chi connectivity index (χ2v) is 3.22. The first-order chi connectivity index (χ1) is 6.47. The zero-order valence-electron chi connectivity index (χ0n) is 9.16. The van der Waals surface area contributed by atoms with Gasteiger partial charge in [0.1, 0.15) is 6.54 Å². The first-order valence-corrected chi connectivity index (χ1v) is 4.53. The second-order valence-electron chi connectivity index (χ2n) is 3.22. The number of rotatable bonds is 4. The number of carbonyl (C=O) groups is 2. The van der Waals surface area contributed by atoms with Crippen molar-refractivity contribution in [1.29, 1.82) is 0 Å². The predicted molar refractivity (Wildman–Crippen MR) is 53.7 cm³/mol. The molecular weight excluding hydrogens is 182 g/mol. The molecule has 0 atom stereocenters. The summed E-state index contributed by atoms with van der Waals surface area (Å²) in [5, 5.41) is 0. The lowest BCUT2D eigenvalue weighted by Crippen LogP contribution is -2.31. The maximum atomic E-state index is 11.3. The number of esters is 1. The van der Waals surface area contributed by atoms with Crippen molar-refractivity contribution >= 4 is 11.9 Å². The van der Waals surface area contributed by atoms with Gasteiger partial charge in [0.15, 0.2) is 0 Å². The van der Waals surface area contributed by atoms with Crippen LogP contribution in [0.3, 0.4) is 0 Å². The van der Waals surface area contributed by atoms with Crippen LogP contribution in [-0.4, -0.2) is 37.0 Å². The van der Waals surface area contributed by atoms with Crippen LogP contribution >= 0.6 is 0 Å². The minimum atomic E-state index is -0.384.